The Bertz CT molecular complexity index is 124. The van der Waals surface area contributed by atoms with Gasteiger partial charge in [-0.05, 0) is 19.9 Å². The van der Waals surface area contributed by atoms with E-state index in [9.17, 15) is 0 Å². The van der Waals surface area contributed by atoms with Crippen LogP contribution in [0.1, 0.15) is 27.2 Å². The molecule has 0 aromatic rings. The molecule has 0 aliphatic carbocycles. The van der Waals surface area contributed by atoms with E-state index in [1.54, 1.807) is 7.11 Å². The van der Waals surface area contributed by atoms with Crippen LogP contribution in [0.3, 0.4) is 0 Å². The first-order chi connectivity index (χ1) is 6.11. The molecule has 3 heteroatoms. The number of hydrogen-bond donors (Lipinski definition) is 1. The number of nitrogens with zero attached hydrogens (tertiary/aromatic N) is 1. The molecule has 1 unspecified atom stereocenters. The van der Waals surface area contributed by atoms with Crippen molar-refractivity contribution >= 4 is 0 Å². The van der Waals surface area contributed by atoms with Gasteiger partial charge in [0.15, 0.2) is 0 Å². The van der Waals surface area contributed by atoms with Gasteiger partial charge >= 0.3 is 0 Å². The van der Waals surface area contributed by atoms with E-state index in [1.165, 1.54) is 0 Å². The molecule has 0 rings (SSSR count). The summed E-state index contributed by atoms with van der Waals surface area (Å²) in [6.07, 6.45) is 1.03. The number of methoxy groups -OCH3 is 1. The quantitative estimate of drug-likeness (QED) is 0.650. The molecule has 0 bridgehead atoms. The summed E-state index contributed by atoms with van der Waals surface area (Å²) in [6.45, 7) is 10.1. The standard InChI is InChI=1S/C10H24N2O/c1-5-10(3,13-4)9-12(6-2)8-7-11/h5-9,11H2,1-4H3. The molecule has 13 heavy (non-hydrogen) atoms. The minimum Gasteiger partial charge on any atom is -0.377 e. The largest absolute Gasteiger partial charge is 0.377 e. The van der Waals surface area contributed by atoms with Crippen LogP contribution in [-0.4, -0.2) is 43.8 Å². The van der Waals surface area contributed by atoms with Crippen molar-refractivity contribution in [3.63, 3.8) is 0 Å². The lowest BCUT2D eigenvalue weighted by Crippen LogP contribution is -2.43. The topological polar surface area (TPSA) is 38.5 Å². The van der Waals surface area contributed by atoms with E-state index >= 15 is 0 Å². The SMILES string of the molecule is CCN(CCN)CC(C)(CC)OC. The predicted molar refractivity (Wildman–Crippen MR) is 56.9 cm³/mol. The summed E-state index contributed by atoms with van der Waals surface area (Å²) in [6, 6.07) is 0. The number of likely N-dealkylation sites (N-methyl/N-ethyl adjacent to an activating group) is 1. The molecular weight excluding hydrogens is 164 g/mol. The Morgan fingerprint density at radius 2 is 2.00 bits per heavy atom. The van der Waals surface area contributed by atoms with Gasteiger partial charge in [0.05, 0.1) is 5.60 Å². The Kier molecular flexibility index (Phi) is 6.29. The lowest BCUT2D eigenvalue weighted by atomic mass is 10.0. The van der Waals surface area contributed by atoms with Gasteiger partial charge in [-0.1, -0.05) is 13.8 Å². The fourth-order valence-electron chi connectivity index (χ4n) is 1.33. The van der Waals surface area contributed by atoms with Gasteiger partial charge in [-0.15, -0.1) is 0 Å². The minimum atomic E-state index is -0.0226. The Hall–Kier alpha value is -0.120. The third-order valence-electron chi connectivity index (χ3n) is 2.69. The van der Waals surface area contributed by atoms with E-state index in [-0.39, 0.29) is 5.60 Å². The average molecular weight is 188 g/mol. The lowest BCUT2D eigenvalue weighted by molar-refractivity contribution is -0.0235. The molecule has 0 spiro atoms. The van der Waals surface area contributed by atoms with Crippen LogP contribution in [0, 0.1) is 0 Å². The van der Waals surface area contributed by atoms with Crippen molar-refractivity contribution in [3.05, 3.63) is 0 Å². The van der Waals surface area contributed by atoms with Gasteiger partial charge < -0.3 is 10.5 Å². The van der Waals surface area contributed by atoms with E-state index in [0.29, 0.717) is 0 Å². The molecule has 2 N–H and O–H groups in total. The number of rotatable bonds is 7. The van der Waals surface area contributed by atoms with E-state index in [0.717, 1.165) is 32.6 Å². The van der Waals surface area contributed by atoms with Gasteiger partial charge in [0.25, 0.3) is 0 Å². The maximum atomic E-state index is 5.52. The Morgan fingerprint density at radius 3 is 2.31 bits per heavy atom. The zero-order valence-corrected chi connectivity index (χ0v) is 9.47. The summed E-state index contributed by atoms with van der Waals surface area (Å²) in [5.41, 5.74) is 5.50. The van der Waals surface area contributed by atoms with Crippen molar-refractivity contribution in [2.45, 2.75) is 32.8 Å². The van der Waals surface area contributed by atoms with Gasteiger partial charge in [-0.3, -0.25) is 4.90 Å². The predicted octanol–water partition coefficient (Wildman–Crippen LogP) is 1.08. The van der Waals surface area contributed by atoms with Crippen LogP contribution in [0.25, 0.3) is 0 Å². The van der Waals surface area contributed by atoms with Crippen LogP contribution in [0.5, 0.6) is 0 Å². The first-order valence-corrected chi connectivity index (χ1v) is 5.09. The molecule has 0 aromatic carbocycles. The number of ether oxygens (including phenoxy) is 1. The molecule has 0 aliphatic heterocycles. The highest BCUT2D eigenvalue weighted by atomic mass is 16.5. The van der Waals surface area contributed by atoms with Crippen molar-refractivity contribution in [1.29, 1.82) is 0 Å². The van der Waals surface area contributed by atoms with Crippen molar-refractivity contribution in [2.75, 3.05) is 33.3 Å². The van der Waals surface area contributed by atoms with Crippen LogP contribution in [0.15, 0.2) is 0 Å². The highest BCUT2D eigenvalue weighted by Gasteiger charge is 2.23. The summed E-state index contributed by atoms with van der Waals surface area (Å²) in [4.78, 5) is 2.33. The highest BCUT2D eigenvalue weighted by molar-refractivity contribution is 4.77. The Balaban J connectivity index is 4.02. The first kappa shape index (κ1) is 12.9. The van der Waals surface area contributed by atoms with Crippen LogP contribution in [0.2, 0.25) is 0 Å². The maximum absolute atomic E-state index is 5.52. The fourth-order valence-corrected chi connectivity index (χ4v) is 1.33. The minimum absolute atomic E-state index is 0.0226. The zero-order chi connectivity index (χ0) is 10.3. The van der Waals surface area contributed by atoms with Gasteiger partial charge in [0.2, 0.25) is 0 Å². The second-order valence-electron chi connectivity index (χ2n) is 3.67. The normalized spacial score (nSPS) is 16.2. The fraction of sp³-hybridized carbons (Fsp3) is 1.00. The molecule has 0 fully saturated rings. The van der Waals surface area contributed by atoms with Crippen LogP contribution < -0.4 is 5.73 Å². The molecule has 0 aliphatic rings. The highest BCUT2D eigenvalue weighted by Crippen LogP contribution is 2.15. The molecule has 0 saturated carbocycles. The van der Waals surface area contributed by atoms with Crippen molar-refractivity contribution in [2.24, 2.45) is 5.73 Å². The molecule has 0 radical (unpaired) electrons. The van der Waals surface area contributed by atoms with Gasteiger partial charge in [0, 0.05) is 26.7 Å². The van der Waals surface area contributed by atoms with E-state index in [1.807, 2.05) is 0 Å². The summed E-state index contributed by atoms with van der Waals surface area (Å²) in [5, 5.41) is 0. The number of nitrogens with two attached hydrogens (primary N) is 1. The summed E-state index contributed by atoms with van der Waals surface area (Å²) >= 11 is 0. The molecule has 0 heterocycles. The second-order valence-corrected chi connectivity index (χ2v) is 3.67. The Labute approximate surface area is 82.2 Å². The average Bonchev–Trinajstić information content (AvgIpc) is 2.17. The summed E-state index contributed by atoms with van der Waals surface area (Å²) < 4.78 is 5.48. The molecule has 80 valence electrons. The number of hydrogen-bond acceptors (Lipinski definition) is 3. The van der Waals surface area contributed by atoms with Crippen LogP contribution >= 0.6 is 0 Å². The Morgan fingerprint density at radius 1 is 1.38 bits per heavy atom. The second kappa shape index (κ2) is 6.35. The molecular formula is C10H24N2O. The first-order valence-electron chi connectivity index (χ1n) is 5.09. The van der Waals surface area contributed by atoms with E-state index in [2.05, 4.69) is 25.7 Å². The molecule has 1 atom stereocenters. The molecule has 0 aromatic heterocycles. The van der Waals surface area contributed by atoms with Crippen molar-refractivity contribution in [1.82, 2.24) is 4.90 Å². The molecule has 0 amide bonds. The van der Waals surface area contributed by atoms with Crippen LogP contribution in [0.4, 0.5) is 0 Å². The van der Waals surface area contributed by atoms with Gasteiger partial charge in [0.1, 0.15) is 0 Å². The molecule has 3 nitrogen and oxygen atoms in total. The maximum Gasteiger partial charge on any atom is 0.0774 e. The smallest absolute Gasteiger partial charge is 0.0774 e. The van der Waals surface area contributed by atoms with Gasteiger partial charge in [-0.25, -0.2) is 0 Å². The van der Waals surface area contributed by atoms with Crippen LogP contribution in [-0.2, 0) is 4.74 Å². The van der Waals surface area contributed by atoms with Crippen molar-refractivity contribution < 1.29 is 4.74 Å². The van der Waals surface area contributed by atoms with Gasteiger partial charge in [-0.2, -0.15) is 0 Å². The molecule has 0 saturated heterocycles. The third-order valence-corrected chi connectivity index (χ3v) is 2.69. The third kappa shape index (κ3) is 4.60. The van der Waals surface area contributed by atoms with E-state index in [4.69, 9.17) is 10.5 Å². The van der Waals surface area contributed by atoms with Crippen molar-refractivity contribution in [3.8, 4) is 0 Å². The lowest BCUT2D eigenvalue weighted by Gasteiger charge is -2.33. The summed E-state index contributed by atoms with van der Waals surface area (Å²) in [7, 11) is 1.78. The van der Waals surface area contributed by atoms with E-state index < -0.39 is 0 Å². The summed E-state index contributed by atoms with van der Waals surface area (Å²) in [5.74, 6) is 0. The zero-order valence-electron chi connectivity index (χ0n) is 9.47. The monoisotopic (exact) mass is 188 g/mol.